The van der Waals surface area contributed by atoms with Crippen molar-refractivity contribution in [2.24, 2.45) is 0 Å². The Kier molecular flexibility index (Phi) is 4.90. The molecular formula is C14H20N2O3. The number of ether oxygens (including phenoxy) is 1. The van der Waals surface area contributed by atoms with Crippen molar-refractivity contribution in [3.05, 3.63) is 35.4 Å². The lowest BCUT2D eigenvalue weighted by molar-refractivity contribution is 0.0706. The Hall–Kier alpha value is -1.43. The number of rotatable bonds is 5. The Bertz CT molecular complexity index is 419. The van der Waals surface area contributed by atoms with Gasteiger partial charge >= 0.3 is 0 Å². The summed E-state index contributed by atoms with van der Waals surface area (Å²) in [5.74, 6) is -0.481. The number of amides is 1. The predicted octanol–water partition coefficient (Wildman–Crippen LogP) is 1.42. The minimum atomic E-state index is -0.481. The minimum Gasteiger partial charge on any atom is -0.383 e. The predicted molar refractivity (Wildman–Crippen MR) is 71.0 cm³/mol. The molecule has 1 heterocycles. The second-order valence-electron chi connectivity index (χ2n) is 4.86. The molecule has 1 unspecified atom stereocenters. The van der Waals surface area contributed by atoms with Gasteiger partial charge in [-0.25, -0.2) is 5.48 Å². The molecular weight excluding hydrogens is 244 g/mol. The number of likely N-dealkylation sites (tertiary alicyclic amines) is 1. The highest BCUT2D eigenvalue weighted by Gasteiger charge is 2.24. The maximum absolute atomic E-state index is 11.2. The van der Waals surface area contributed by atoms with Gasteiger partial charge in [-0.05, 0) is 37.1 Å². The number of nitrogens with zero attached hydrogens (tertiary/aromatic N) is 1. The lowest BCUT2D eigenvalue weighted by atomic mass is 10.1. The Balaban J connectivity index is 1.97. The van der Waals surface area contributed by atoms with E-state index in [0.29, 0.717) is 11.6 Å². The molecule has 5 nitrogen and oxygen atoms in total. The van der Waals surface area contributed by atoms with Crippen LogP contribution in [-0.4, -0.2) is 42.3 Å². The van der Waals surface area contributed by atoms with Gasteiger partial charge in [-0.2, -0.15) is 0 Å². The second-order valence-corrected chi connectivity index (χ2v) is 4.86. The molecule has 2 N–H and O–H groups in total. The first kappa shape index (κ1) is 14.0. The van der Waals surface area contributed by atoms with E-state index >= 15 is 0 Å². The molecule has 1 aromatic carbocycles. The lowest BCUT2D eigenvalue weighted by Gasteiger charge is -2.23. The molecule has 1 aromatic rings. The van der Waals surface area contributed by atoms with Gasteiger partial charge in [0.05, 0.1) is 6.61 Å². The highest BCUT2D eigenvalue weighted by molar-refractivity contribution is 5.93. The molecule has 19 heavy (non-hydrogen) atoms. The van der Waals surface area contributed by atoms with Crippen LogP contribution < -0.4 is 5.48 Å². The number of methoxy groups -OCH3 is 1. The number of carbonyl (C=O) groups excluding carboxylic acids is 1. The summed E-state index contributed by atoms with van der Waals surface area (Å²) >= 11 is 0. The monoisotopic (exact) mass is 264 g/mol. The average molecular weight is 264 g/mol. The Morgan fingerprint density at radius 3 is 2.84 bits per heavy atom. The fourth-order valence-electron chi connectivity index (χ4n) is 2.55. The van der Waals surface area contributed by atoms with Crippen molar-refractivity contribution in [1.82, 2.24) is 10.4 Å². The largest absolute Gasteiger partial charge is 0.383 e. The summed E-state index contributed by atoms with van der Waals surface area (Å²) in [6.45, 7) is 2.73. The smallest absolute Gasteiger partial charge is 0.274 e. The van der Waals surface area contributed by atoms with Gasteiger partial charge in [0.15, 0.2) is 0 Å². The first-order valence-electron chi connectivity index (χ1n) is 6.51. The van der Waals surface area contributed by atoms with Gasteiger partial charge in [0.25, 0.3) is 5.91 Å². The summed E-state index contributed by atoms with van der Waals surface area (Å²) in [6, 6.07) is 7.79. The van der Waals surface area contributed by atoms with Crippen molar-refractivity contribution in [3.63, 3.8) is 0 Å². The van der Waals surface area contributed by atoms with Crippen molar-refractivity contribution in [3.8, 4) is 0 Å². The fraction of sp³-hybridized carbons (Fsp3) is 0.500. The van der Waals surface area contributed by atoms with Crippen LogP contribution in [0.25, 0.3) is 0 Å². The Morgan fingerprint density at radius 1 is 1.47 bits per heavy atom. The highest BCUT2D eigenvalue weighted by Crippen LogP contribution is 2.20. The van der Waals surface area contributed by atoms with E-state index in [1.54, 1.807) is 24.7 Å². The molecule has 1 amide bonds. The van der Waals surface area contributed by atoms with Crippen molar-refractivity contribution < 1.29 is 14.7 Å². The first-order valence-corrected chi connectivity index (χ1v) is 6.51. The van der Waals surface area contributed by atoms with E-state index in [1.807, 2.05) is 12.1 Å². The zero-order valence-electron chi connectivity index (χ0n) is 11.1. The molecule has 2 rings (SSSR count). The van der Waals surface area contributed by atoms with E-state index in [9.17, 15) is 4.79 Å². The minimum absolute atomic E-state index is 0.459. The van der Waals surface area contributed by atoms with Crippen LogP contribution in [0.15, 0.2) is 24.3 Å². The van der Waals surface area contributed by atoms with Crippen LogP contribution in [0.3, 0.4) is 0 Å². The average Bonchev–Trinajstić information content (AvgIpc) is 2.86. The van der Waals surface area contributed by atoms with Crippen molar-refractivity contribution in [1.29, 1.82) is 0 Å². The topological polar surface area (TPSA) is 61.8 Å². The first-order chi connectivity index (χ1) is 9.24. The van der Waals surface area contributed by atoms with Gasteiger partial charge in [0.1, 0.15) is 0 Å². The van der Waals surface area contributed by atoms with Gasteiger partial charge in [0, 0.05) is 25.3 Å². The maximum atomic E-state index is 11.2. The summed E-state index contributed by atoms with van der Waals surface area (Å²) < 4.78 is 5.24. The SMILES string of the molecule is COCC1CCCN1Cc1ccc(C(=O)NO)cc1. The van der Waals surface area contributed by atoms with Crippen LogP contribution in [0.4, 0.5) is 0 Å². The van der Waals surface area contributed by atoms with Crippen LogP contribution in [0.1, 0.15) is 28.8 Å². The summed E-state index contributed by atoms with van der Waals surface area (Å²) in [5.41, 5.74) is 3.26. The zero-order chi connectivity index (χ0) is 13.7. The number of benzene rings is 1. The third-order valence-corrected chi connectivity index (χ3v) is 3.56. The molecule has 0 spiro atoms. The molecule has 1 atom stereocenters. The normalized spacial score (nSPS) is 19.6. The molecule has 1 fully saturated rings. The molecule has 0 saturated carbocycles. The van der Waals surface area contributed by atoms with Crippen LogP contribution in [0, 0.1) is 0 Å². The second kappa shape index (κ2) is 6.65. The van der Waals surface area contributed by atoms with Gasteiger partial charge < -0.3 is 4.74 Å². The van der Waals surface area contributed by atoms with Crippen molar-refractivity contribution in [2.45, 2.75) is 25.4 Å². The van der Waals surface area contributed by atoms with E-state index in [1.165, 1.54) is 12.8 Å². The Labute approximate surface area is 113 Å². The third-order valence-electron chi connectivity index (χ3n) is 3.56. The van der Waals surface area contributed by atoms with E-state index in [0.717, 1.165) is 25.3 Å². The van der Waals surface area contributed by atoms with Gasteiger partial charge in [-0.1, -0.05) is 12.1 Å². The number of carbonyl (C=O) groups is 1. The van der Waals surface area contributed by atoms with E-state index in [2.05, 4.69) is 4.90 Å². The zero-order valence-corrected chi connectivity index (χ0v) is 11.1. The molecule has 0 radical (unpaired) electrons. The molecule has 1 aliphatic heterocycles. The number of hydrogen-bond acceptors (Lipinski definition) is 4. The molecule has 1 aliphatic rings. The van der Waals surface area contributed by atoms with E-state index < -0.39 is 5.91 Å². The molecule has 0 aromatic heterocycles. The Morgan fingerprint density at radius 2 is 2.21 bits per heavy atom. The van der Waals surface area contributed by atoms with Crippen molar-refractivity contribution >= 4 is 5.91 Å². The van der Waals surface area contributed by atoms with Crippen LogP contribution >= 0.6 is 0 Å². The van der Waals surface area contributed by atoms with Crippen LogP contribution in [0.2, 0.25) is 0 Å². The molecule has 5 heteroatoms. The number of hydrogen-bond donors (Lipinski definition) is 2. The molecule has 104 valence electrons. The standard InChI is InChI=1S/C14H20N2O3/c1-19-10-13-3-2-8-16(13)9-11-4-6-12(7-5-11)14(17)15-18/h4-7,13,18H,2-3,8-10H2,1H3,(H,15,17). The van der Waals surface area contributed by atoms with E-state index in [4.69, 9.17) is 9.94 Å². The van der Waals surface area contributed by atoms with Crippen LogP contribution in [0.5, 0.6) is 0 Å². The summed E-state index contributed by atoms with van der Waals surface area (Å²) in [6.07, 6.45) is 2.39. The van der Waals surface area contributed by atoms with E-state index in [-0.39, 0.29) is 0 Å². The molecule has 1 saturated heterocycles. The van der Waals surface area contributed by atoms with Crippen molar-refractivity contribution in [2.75, 3.05) is 20.3 Å². The van der Waals surface area contributed by atoms with Gasteiger partial charge in [-0.3, -0.25) is 14.9 Å². The maximum Gasteiger partial charge on any atom is 0.274 e. The summed E-state index contributed by atoms with van der Waals surface area (Å²) in [7, 11) is 1.73. The van der Waals surface area contributed by atoms with Gasteiger partial charge in [-0.15, -0.1) is 0 Å². The van der Waals surface area contributed by atoms with Crippen LogP contribution in [-0.2, 0) is 11.3 Å². The molecule has 0 bridgehead atoms. The summed E-state index contributed by atoms with van der Waals surface area (Å²) in [5, 5.41) is 8.56. The quantitative estimate of drug-likeness (QED) is 0.623. The highest BCUT2D eigenvalue weighted by atomic mass is 16.5. The number of hydroxylamine groups is 1. The third kappa shape index (κ3) is 3.53. The molecule has 0 aliphatic carbocycles. The van der Waals surface area contributed by atoms with Gasteiger partial charge in [0.2, 0.25) is 0 Å². The fourth-order valence-corrected chi connectivity index (χ4v) is 2.55. The number of nitrogens with one attached hydrogen (secondary N) is 1. The lowest BCUT2D eigenvalue weighted by Crippen LogP contribution is -2.32. The summed E-state index contributed by atoms with van der Waals surface area (Å²) in [4.78, 5) is 13.6.